The van der Waals surface area contributed by atoms with E-state index >= 15 is 0 Å². The summed E-state index contributed by atoms with van der Waals surface area (Å²) in [4.78, 5) is 0. The maximum atomic E-state index is 2.35. The van der Waals surface area contributed by atoms with Gasteiger partial charge in [-0.3, -0.25) is 0 Å². The van der Waals surface area contributed by atoms with Crippen molar-refractivity contribution < 1.29 is 0 Å². The molecule has 0 saturated carbocycles. The largest absolute Gasteiger partial charge is 0.0560 e. The quantitative estimate of drug-likeness (QED) is 0.523. The lowest BCUT2D eigenvalue weighted by molar-refractivity contribution is 0.524. The van der Waals surface area contributed by atoms with Gasteiger partial charge in [0.1, 0.15) is 0 Å². The number of hydrogen-bond donors (Lipinski definition) is 0. The van der Waals surface area contributed by atoms with Gasteiger partial charge in [0.05, 0.1) is 0 Å². The molecule has 0 amide bonds. The van der Waals surface area contributed by atoms with Crippen LogP contribution in [0.4, 0.5) is 0 Å². The predicted octanol–water partition coefficient (Wildman–Crippen LogP) is 6.24. The number of fused-ring (bicyclic) bond motifs is 1. The second-order valence-corrected chi connectivity index (χ2v) is 8.50. The van der Waals surface area contributed by atoms with Crippen LogP contribution < -0.4 is 0 Å². The van der Waals surface area contributed by atoms with Gasteiger partial charge in [0.15, 0.2) is 0 Å². The third-order valence-corrected chi connectivity index (χ3v) is 4.94. The first kappa shape index (κ1) is 15.4. The van der Waals surface area contributed by atoms with Crippen LogP contribution >= 0.6 is 0 Å². The maximum absolute atomic E-state index is 2.35. The van der Waals surface area contributed by atoms with Crippen molar-refractivity contribution in [2.24, 2.45) is 10.8 Å². The van der Waals surface area contributed by atoms with E-state index in [2.05, 4.69) is 69.2 Å². The van der Waals surface area contributed by atoms with Crippen molar-refractivity contribution in [3.8, 4) is 0 Å². The molecule has 0 atom stereocenters. The fourth-order valence-electron chi connectivity index (χ4n) is 3.62. The molecule has 1 aromatic rings. The summed E-state index contributed by atoms with van der Waals surface area (Å²) in [6.07, 6.45) is 0. The van der Waals surface area contributed by atoms with Crippen molar-refractivity contribution in [3.63, 3.8) is 0 Å². The van der Waals surface area contributed by atoms with Crippen LogP contribution in [0.3, 0.4) is 0 Å². The normalized spacial score (nSPS) is 15.3. The fourth-order valence-corrected chi connectivity index (χ4v) is 3.62. The Labute approximate surface area is 125 Å². The zero-order valence-electron chi connectivity index (χ0n) is 15.0. The Hall–Kier alpha value is -1.04. The van der Waals surface area contributed by atoms with E-state index in [1.807, 2.05) is 0 Å². The SMILES string of the molecule is Cc1c(C)c(C)c2c(c1C)C(C(C)(C)C)=C2C(C)(C)C. The smallest absolute Gasteiger partial charge is 0.0106 e. The van der Waals surface area contributed by atoms with Crippen LogP contribution in [0.15, 0.2) is 0 Å². The van der Waals surface area contributed by atoms with Crippen molar-refractivity contribution in [3.05, 3.63) is 33.4 Å². The minimum atomic E-state index is 0.217. The molecule has 110 valence electrons. The van der Waals surface area contributed by atoms with Gasteiger partial charge in [-0.1, -0.05) is 41.5 Å². The summed E-state index contributed by atoms with van der Waals surface area (Å²) in [6, 6.07) is 0. The average molecular weight is 270 g/mol. The van der Waals surface area contributed by atoms with Gasteiger partial charge in [0.2, 0.25) is 0 Å². The van der Waals surface area contributed by atoms with E-state index in [0.717, 1.165) is 0 Å². The van der Waals surface area contributed by atoms with E-state index in [1.54, 1.807) is 22.3 Å². The highest BCUT2D eigenvalue weighted by molar-refractivity contribution is 6.09. The Morgan fingerprint density at radius 1 is 0.450 bits per heavy atom. The molecular weight excluding hydrogens is 240 g/mol. The van der Waals surface area contributed by atoms with E-state index < -0.39 is 0 Å². The van der Waals surface area contributed by atoms with E-state index in [9.17, 15) is 0 Å². The number of allylic oxidation sites excluding steroid dienone is 2. The van der Waals surface area contributed by atoms with E-state index in [1.165, 1.54) is 22.3 Å². The van der Waals surface area contributed by atoms with Crippen molar-refractivity contribution in [1.29, 1.82) is 0 Å². The van der Waals surface area contributed by atoms with Crippen LogP contribution in [0.5, 0.6) is 0 Å². The van der Waals surface area contributed by atoms with Crippen LogP contribution in [-0.2, 0) is 0 Å². The van der Waals surface area contributed by atoms with E-state index in [0.29, 0.717) is 0 Å². The average Bonchev–Trinajstić information content (AvgIpc) is 2.19. The highest BCUT2D eigenvalue weighted by atomic mass is 14.4. The van der Waals surface area contributed by atoms with Crippen molar-refractivity contribution in [2.75, 3.05) is 0 Å². The van der Waals surface area contributed by atoms with Gasteiger partial charge in [0.25, 0.3) is 0 Å². The molecule has 1 aliphatic carbocycles. The van der Waals surface area contributed by atoms with Crippen LogP contribution in [0, 0.1) is 38.5 Å². The van der Waals surface area contributed by atoms with Gasteiger partial charge in [-0.25, -0.2) is 0 Å². The first-order valence-electron chi connectivity index (χ1n) is 7.75. The Bertz CT molecular complexity index is 556. The summed E-state index contributed by atoms with van der Waals surface area (Å²) in [7, 11) is 0. The molecule has 0 saturated heterocycles. The van der Waals surface area contributed by atoms with E-state index in [-0.39, 0.29) is 10.8 Å². The minimum absolute atomic E-state index is 0.217. The van der Waals surface area contributed by atoms with Crippen LogP contribution in [0.2, 0.25) is 0 Å². The standard InChI is InChI=1S/C20H30/c1-11-12(2)14(4)16-15(13(11)3)17(19(5,6)7)18(16)20(8,9)10/h1-10H3. The Morgan fingerprint density at radius 2 is 0.700 bits per heavy atom. The second-order valence-electron chi connectivity index (χ2n) is 8.50. The summed E-state index contributed by atoms with van der Waals surface area (Å²) in [5.41, 5.74) is 12.6. The number of benzene rings is 1. The Balaban J connectivity index is 2.87. The van der Waals surface area contributed by atoms with Gasteiger partial charge in [-0.2, -0.15) is 0 Å². The number of rotatable bonds is 0. The van der Waals surface area contributed by atoms with Crippen molar-refractivity contribution in [1.82, 2.24) is 0 Å². The molecule has 0 aromatic heterocycles. The summed E-state index contributed by atoms with van der Waals surface area (Å²) in [5.74, 6) is 0. The highest BCUT2D eigenvalue weighted by Crippen LogP contribution is 2.58. The Kier molecular flexibility index (Phi) is 3.24. The first-order valence-corrected chi connectivity index (χ1v) is 7.75. The molecule has 20 heavy (non-hydrogen) atoms. The Morgan fingerprint density at radius 3 is 0.900 bits per heavy atom. The topological polar surface area (TPSA) is 0 Å². The maximum Gasteiger partial charge on any atom is -0.0106 e. The summed E-state index contributed by atoms with van der Waals surface area (Å²) < 4.78 is 0. The third-order valence-electron chi connectivity index (χ3n) is 4.94. The van der Waals surface area contributed by atoms with Crippen molar-refractivity contribution >= 4 is 11.1 Å². The summed E-state index contributed by atoms with van der Waals surface area (Å²) >= 11 is 0. The monoisotopic (exact) mass is 270 g/mol. The molecule has 0 radical (unpaired) electrons. The molecule has 0 heteroatoms. The predicted molar refractivity (Wildman–Crippen MR) is 91.1 cm³/mol. The molecule has 0 N–H and O–H groups in total. The molecular formula is C20H30. The molecule has 0 heterocycles. The molecule has 1 aromatic carbocycles. The first-order chi connectivity index (χ1) is 8.89. The van der Waals surface area contributed by atoms with Crippen LogP contribution in [-0.4, -0.2) is 0 Å². The molecule has 0 unspecified atom stereocenters. The highest BCUT2D eigenvalue weighted by Gasteiger charge is 2.41. The van der Waals surface area contributed by atoms with Gasteiger partial charge < -0.3 is 0 Å². The summed E-state index contributed by atoms with van der Waals surface area (Å²) in [6.45, 7) is 23.2. The molecule has 0 nitrogen and oxygen atoms in total. The molecule has 0 fully saturated rings. The lowest BCUT2D eigenvalue weighted by Gasteiger charge is -2.45. The number of hydrogen-bond acceptors (Lipinski definition) is 0. The fraction of sp³-hybridized carbons (Fsp3) is 0.600. The third kappa shape index (κ3) is 1.96. The lowest BCUT2D eigenvalue weighted by Crippen LogP contribution is -2.28. The van der Waals surface area contributed by atoms with Gasteiger partial charge >= 0.3 is 0 Å². The molecule has 1 aliphatic rings. The van der Waals surface area contributed by atoms with Gasteiger partial charge in [-0.15, -0.1) is 0 Å². The zero-order valence-corrected chi connectivity index (χ0v) is 15.0. The second kappa shape index (κ2) is 4.23. The lowest BCUT2D eigenvalue weighted by atomic mass is 9.59. The zero-order chi connectivity index (χ0) is 15.6. The molecule has 0 bridgehead atoms. The van der Waals surface area contributed by atoms with E-state index in [4.69, 9.17) is 0 Å². The van der Waals surface area contributed by atoms with Gasteiger partial charge in [-0.05, 0) is 83.1 Å². The minimum Gasteiger partial charge on any atom is -0.0560 e. The summed E-state index contributed by atoms with van der Waals surface area (Å²) in [5, 5.41) is 0. The molecule has 0 aliphatic heterocycles. The van der Waals surface area contributed by atoms with Crippen LogP contribution in [0.25, 0.3) is 11.1 Å². The van der Waals surface area contributed by atoms with Crippen LogP contribution in [0.1, 0.15) is 74.9 Å². The van der Waals surface area contributed by atoms with Crippen molar-refractivity contribution in [2.45, 2.75) is 69.2 Å². The molecule has 0 spiro atoms. The van der Waals surface area contributed by atoms with Gasteiger partial charge in [0, 0.05) is 0 Å². The molecule has 2 rings (SSSR count).